The number of anilines is 2. The van der Waals surface area contributed by atoms with Crippen molar-refractivity contribution in [2.75, 3.05) is 29.8 Å². The van der Waals surface area contributed by atoms with Gasteiger partial charge in [-0.3, -0.25) is 9.62 Å². The van der Waals surface area contributed by atoms with Crippen molar-refractivity contribution in [1.82, 2.24) is 14.3 Å². The smallest absolute Gasteiger partial charge is 0.263 e. The van der Waals surface area contributed by atoms with Crippen molar-refractivity contribution < 1.29 is 17.2 Å². The van der Waals surface area contributed by atoms with E-state index in [1.54, 1.807) is 18.2 Å². The fraction of sp³-hybridized carbons (Fsp3) is 0.333. The van der Waals surface area contributed by atoms with Crippen molar-refractivity contribution in [3.63, 3.8) is 0 Å². The molecule has 4 rings (SSSR count). The van der Waals surface area contributed by atoms with Gasteiger partial charge < -0.3 is 4.90 Å². The molecule has 0 saturated carbocycles. The Kier molecular flexibility index (Phi) is 7.13. The Labute approximate surface area is 200 Å². The summed E-state index contributed by atoms with van der Waals surface area (Å²) in [5.74, 6) is 0. The van der Waals surface area contributed by atoms with Gasteiger partial charge in [0, 0.05) is 49.8 Å². The molecule has 7 nitrogen and oxygen atoms in total. The van der Waals surface area contributed by atoms with Crippen molar-refractivity contribution in [3.05, 3.63) is 64.9 Å². The summed E-state index contributed by atoms with van der Waals surface area (Å²) in [4.78, 5) is 8.11. The standard InChI is InChI=1S/C21H22ClF2N5O2S2/c1-28(16-7-8-29(12-16)11-14-3-2-4-15(9-14)20(23)24)19-6-5-17(10-18(19)22)33(30,31)27-21-25-13-26-32-21/h2-6,9-10,13,16,20H,7-8,11-12H2,1H3,(H,25,26,27)/t16-/m0/s1. The molecule has 1 N–H and O–H groups in total. The fourth-order valence-electron chi connectivity index (χ4n) is 3.89. The average molecular weight is 514 g/mol. The first-order chi connectivity index (χ1) is 15.7. The quantitative estimate of drug-likeness (QED) is 0.473. The number of alkyl halides is 2. The van der Waals surface area contributed by atoms with Crippen LogP contribution in [0.4, 0.5) is 19.6 Å². The Morgan fingerprint density at radius 3 is 2.82 bits per heavy atom. The molecule has 176 valence electrons. The van der Waals surface area contributed by atoms with Crippen molar-refractivity contribution in [2.45, 2.75) is 30.3 Å². The van der Waals surface area contributed by atoms with Crippen LogP contribution in [0.25, 0.3) is 0 Å². The summed E-state index contributed by atoms with van der Waals surface area (Å²) >= 11 is 7.40. The Hall–Kier alpha value is -2.34. The zero-order chi connectivity index (χ0) is 23.6. The molecule has 12 heteroatoms. The van der Waals surface area contributed by atoms with Gasteiger partial charge in [-0.25, -0.2) is 22.2 Å². The second kappa shape index (κ2) is 9.88. The minimum Gasteiger partial charge on any atom is -0.369 e. The van der Waals surface area contributed by atoms with Crippen LogP contribution in [0.3, 0.4) is 0 Å². The van der Waals surface area contributed by atoms with E-state index < -0.39 is 16.4 Å². The fourth-order valence-corrected chi connectivity index (χ4v) is 5.95. The molecular formula is C21H22ClF2N5O2S2. The third-order valence-corrected chi connectivity index (χ3v) is 7.95. The van der Waals surface area contributed by atoms with E-state index in [4.69, 9.17) is 11.6 Å². The second-order valence-corrected chi connectivity index (χ2v) is 10.7. The van der Waals surface area contributed by atoms with Crippen LogP contribution in [0, 0.1) is 0 Å². The third kappa shape index (κ3) is 5.60. The van der Waals surface area contributed by atoms with Gasteiger partial charge in [-0.05, 0) is 36.2 Å². The number of benzene rings is 2. The van der Waals surface area contributed by atoms with Gasteiger partial charge in [0.1, 0.15) is 6.33 Å². The van der Waals surface area contributed by atoms with E-state index in [0.29, 0.717) is 11.6 Å². The van der Waals surface area contributed by atoms with Crippen LogP contribution in [0.15, 0.2) is 53.7 Å². The number of hydrogen-bond acceptors (Lipinski definition) is 7. The van der Waals surface area contributed by atoms with E-state index in [9.17, 15) is 17.2 Å². The van der Waals surface area contributed by atoms with Gasteiger partial charge in [-0.1, -0.05) is 29.8 Å². The number of nitrogens with zero attached hydrogens (tertiary/aromatic N) is 4. The van der Waals surface area contributed by atoms with Crippen molar-refractivity contribution in [1.29, 1.82) is 0 Å². The maximum atomic E-state index is 13.0. The van der Waals surface area contributed by atoms with Crippen LogP contribution in [0.5, 0.6) is 0 Å². The predicted octanol–water partition coefficient (Wildman–Crippen LogP) is 4.64. The van der Waals surface area contributed by atoms with Crippen LogP contribution in [0.2, 0.25) is 5.02 Å². The number of halogens is 3. The molecule has 1 aromatic heterocycles. The van der Waals surface area contributed by atoms with Crippen LogP contribution in [0.1, 0.15) is 24.0 Å². The van der Waals surface area contributed by atoms with Crippen LogP contribution in [-0.2, 0) is 16.6 Å². The highest BCUT2D eigenvalue weighted by atomic mass is 35.5. The molecule has 0 amide bonds. The molecule has 1 atom stereocenters. The third-order valence-electron chi connectivity index (χ3n) is 5.60. The summed E-state index contributed by atoms with van der Waals surface area (Å²) in [6, 6.07) is 11.3. The largest absolute Gasteiger partial charge is 0.369 e. The molecule has 2 aromatic carbocycles. The van der Waals surface area contributed by atoms with Crippen molar-refractivity contribution in [3.8, 4) is 0 Å². The van der Waals surface area contributed by atoms with Crippen molar-refractivity contribution in [2.24, 2.45) is 0 Å². The molecule has 0 bridgehead atoms. The molecule has 0 radical (unpaired) electrons. The van der Waals surface area contributed by atoms with E-state index >= 15 is 0 Å². The minimum absolute atomic E-state index is 0.0304. The molecule has 0 unspecified atom stereocenters. The highest BCUT2D eigenvalue weighted by molar-refractivity contribution is 7.93. The number of nitrogens with one attached hydrogen (secondary N) is 1. The van der Waals surface area contributed by atoms with Gasteiger partial charge in [0.05, 0.1) is 15.6 Å². The number of rotatable bonds is 8. The monoisotopic (exact) mass is 513 g/mol. The van der Waals surface area contributed by atoms with Gasteiger partial charge >= 0.3 is 0 Å². The Morgan fingerprint density at radius 1 is 1.30 bits per heavy atom. The molecule has 2 heterocycles. The number of aromatic nitrogens is 2. The van der Waals surface area contributed by atoms with E-state index in [1.807, 2.05) is 18.0 Å². The molecule has 1 aliphatic heterocycles. The predicted molar refractivity (Wildman–Crippen MR) is 126 cm³/mol. The first-order valence-corrected chi connectivity index (χ1v) is 12.8. The normalized spacial score (nSPS) is 16.9. The molecule has 3 aromatic rings. The lowest BCUT2D eigenvalue weighted by Crippen LogP contribution is -2.34. The highest BCUT2D eigenvalue weighted by Gasteiger charge is 2.28. The molecule has 33 heavy (non-hydrogen) atoms. The summed E-state index contributed by atoms with van der Waals surface area (Å²) in [7, 11) is -1.91. The lowest BCUT2D eigenvalue weighted by atomic mass is 10.1. The number of likely N-dealkylation sites (N-methyl/N-ethyl adjacent to an activating group) is 1. The summed E-state index contributed by atoms with van der Waals surface area (Å²) in [5.41, 5.74) is 1.60. The Bertz CT molecular complexity index is 1210. The van der Waals surface area contributed by atoms with Crippen LogP contribution < -0.4 is 9.62 Å². The Morgan fingerprint density at radius 2 is 2.12 bits per heavy atom. The molecule has 1 fully saturated rings. The summed E-state index contributed by atoms with van der Waals surface area (Å²) in [6.45, 7) is 2.15. The molecular weight excluding hydrogens is 492 g/mol. The average Bonchev–Trinajstić information content (AvgIpc) is 3.45. The summed E-state index contributed by atoms with van der Waals surface area (Å²) in [5, 5.41) is 0.498. The number of hydrogen-bond donors (Lipinski definition) is 1. The maximum absolute atomic E-state index is 13.0. The number of likely N-dealkylation sites (tertiary alicyclic amines) is 1. The Balaban J connectivity index is 1.42. The highest BCUT2D eigenvalue weighted by Crippen LogP contribution is 2.32. The minimum atomic E-state index is -3.83. The van der Waals surface area contributed by atoms with E-state index in [0.717, 1.165) is 42.3 Å². The van der Waals surface area contributed by atoms with Crippen molar-refractivity contribution >= 4 is 44.0 Å². The molecule has 0 spiro atoms. The lowest BCUT2D eigenvalue weighted by molar-refractivity contribution is 0.151. The zero-order valence-corrected chi connectivity index (χ0v) is 20.0. The van der Waals surface area contributed by atoms with E-state index in [1.165, 1.54) is 24.5 Å². The van der Waals surface area contributed by atoms with Gasteiger partial charge in [0.25, 0.3) is 16.4 Å². The molecule has 0 aliphatic carbocycles. The van der Waals surface area contributed by atoms with Gasteiger partial charge in [-0.2, -0.15) is 4.37 Å². The van der Waals surface area contributed by atoms with Gasteiger partial charge in [-0.15, -0.1) is 0 Å². The van der Waals surface area contributed by atoms with Crippen LogP contribution >= 0.6 is 23.1 Å². The van der Waals surface area contributed by atoms with Gasteiger partial charge in [0.15, 0.2) is 0 Å². The topological polar surface area (TPSA) is 78.4 Å². The second-order valence-electron chi connectivity index (χ2n) is 7.80. The molecule has 1 saturated heterocycles. The lowest BCUT2D eigenvalue weighted by Gasteiger charge is -2.28. The zero-order valence-electron chi connectivity index (χ0n) is 17.7. The molecule has 1 aliphatic rings. The number of sulfonamides is 1. The summed E-state index contributed by atoms with van der Waals surface area (Å²) < 4.78 is 57.2. The first-order valence-electron chi connectivity index (χ1n) is 10.1. The van der Waals surface area contributed by atoms with E-state index in [-0.39, 0.29) is 21.6 Å². The van der Waals surface area contributed by atoms with Crippen LogP contribution in [-0.4, -0.2) is 48.9 Å². The van der Waals surface area contributed by atoms with Gasteiger partial charge in [0.2, 0.25) is 5.13 Å². The van der Waals surface area contributed by atoms with E-state index in [2.05, 4.69) is 19.0 Å². The maximum Gasteiger partial charge on any atom is 0.263 e. The summed E-state index contributed by atoms with van der Waals surface area (Å²) in [6.07, 6.45) is -0.335. The first kappa shape index (κ1) is 23.8. The SMILES string of the molecule is CN(c1ccc(S(=O)(=O)Nc2ncns2)cc1Cl)[C@H]1CCN(Cc2cccc(C(F)F)c2)C1.